The van der Waals surface area contributed by atoms with Crippen LogP contribution in [-0.2, 0) is 4.79 Å². The van der Waals surface area contributed by atoms with Gasteiger partial charge in [0.25, 0.3) is 5.91 Å². The van der Waals surface area contributed by atoms with Crippen LogP contribution in [0.5, 0.6) is 11.5 Å². The van der Waals surface area contributed by atoms with Crippen molar-refractivity contribution in [3.63, 3.8) is 0 Å². The first-order valence-corrected chi connectivity index (χ1v) is 8.92. The maximum atomic E-state index is 12.8. The van der Waals surface area contributed by atoms with E-state index < -0.39 is 6.10 Å². The summed E-state index contributed by atoms with van der Waals surface area (Å²) < 4.78 is 17.3. The second-order valence-electron chi connectivity index (χ2n) is 6.39. The van der Waals surface area contributed by atoms with E-state index in [2.05, 4.69) is 10.3 Å². The monoisotopic (exact) mass is 372 g/mol. The number of hydrogen-bond donors (Lipinski definition) is 1. The van der Waals surface area contributed by atoms with Crippen molar-refractivity contribution in [1.82, 2.24) is 4.98 Å². The van der Waals surface area contributed by atoms with Gasteiger partial charge in [0, 0.05) is 0 Å². The van der Waals surface area contributed by atoms with Gasteiger partial charge in [-0.05, 0) is 36.4 Å². The number of amides is 1. The smallest absolute Gasteiger partial charge is 0.269 e. The third-order valence-corrected chi connectivity index (χ3v) is 4.51. The number of fused-ring (bicyclic) bond motifs is 2. The number of para-hydroxylation sites is 5. The fourth-order valence-corrected chi connectivity index (χ4v) is 3.13. The minimum Gasteiger partial charge on any atom is -0.485 e. The summed E-state index contributed by atoms with van der Waals surface area (Å²) in [4.78, 5) is 17.3. The van der Waals surface area contributed by atoms with Crippen LogP contribution in [0.15, 0.2) is 77.2 Å². The molecule has 3 aromatic carbocycles. The van der Waals surface area contributed by atoms with Gasteiger partial charge in [-0.3, -0.25) is 4.79 Å². The van der Waals surface area contributed by atoms with Gasteiger partial charge in [-0.1, -0.05) is 36.4 Å². The molecule has 1 aliphatic rings. The summed E-state index contributed by atoms with van der Waals surface area (Å²) in [5, 5.41) is 2.91. The van der Waals surface area contributed by atoms with E-state index in [4.69, 9.17) is 13.9 Å². The van der Waals surface area contributed by atoms with E-state index >= 15 is 0 Å². The third kappa shape index (κ3) is 2.95. The zero-order chi connectivity index (χ0) is 18.9. The molecule has 1 aromatic heterocycles. The Morgan fingerprint density at radius 2 is 1.68 bits per heavy atom. The highest BCUT2D eigenvalue weighted by molar-refractivity contribution is 5.98. The molecule has 1 atom stereocenters. The van der Waals surface area contributed by atoms with Gasteiger partial charge in [-0.15, -0.1) is 0 Å². The molecule has 4 aromatic rings. The van der Waals surface area contributed by atoms with E-state index in [0.717, 1.165) is 5.52 Å². The van der Waals surface area contributed by atoms with Gasteiger partial charge < -0.3 is 19.2 Å². The Balaban J connectivity index is 1.41. The predicted molar refractivity (Wildman–Crippen MR) is 104 cm³/mol. The molecule has 138 valence electrons. The highest BCUT2D eigenvalue weighted by Gasteiger charge is 2.28. The largest absolute Gasteiger partial charge is 0.485 e. The molecular formula is C22H16N2O4. The van der Waals surface area contributed by atoms with Crippen LogP contribution in [0.3, 0.4) is 0 Å². The molecule has 0 aliphatic carbocycles. The lowest BCUT2D eigenvalue weighted by molar-refractivity contribution is -0.125. The Labute approximate surface area is 160 Å². The van der Waals surface area contributed by atoms with E-state index in [1.54, 1.807) is 12.1 Å². The number of oxazole rings is 1. The summed E-state index contributed by atoms with van der Waals surface area (Å²) in [5.41, 5.74) is 2.75. The van der Waals surface area contributed by atoms with Gasteiger partial charge in [0.15, 0.2) is 17.1 Å². The molecule has 28 heavy (non-hydrogen) atoms. The first-order chi connectivity index (χ1) is 13.8. The zero-order valence-electron chi connectivity index (χ0n) is 14.8. The number of hydrogen-bond acceptors (Lipinski definition) is 5. The minimum atomic E-state index is -0.744. The van der Waals surface area contributed by atoms with Gasteiger partial charge in [-0.2, -0.15) is 0 Å². The SMILES string of the molecule is O=C(Nc1ccccc1-c1nc2ccccc2o1)[C@H]1COc2ccccc2O1. The first-order valence-electron chi connectivity index (χ1n) is 8.92. The fourth-order valence-electron chi connectivity index (χ4n) is 3.13. The van der Waals surface area contributed by atoms with E-state index in [9.17, 15) is 4.79 Å². The van der Waals surface area contributed by atoms with Gasteiger partial charge in [0.2, 0.25) is 12.0 Å². The molecule has 0 saturated heterocycles. The molecule has 1 amide bonds. The van der Waals surface area contributed by atoms with Crippen LogP contribution < -0.4 is 14.8 Å². The van der Waals surface area contributed by atoms with Crippen molar-refractivity contribution in [2.24, 2.45) is 0 Å². The molecule has 0 bridgehead atoms. The van der Waals surface area contributed by atoms with E-state index in [0.29, 0.717) is 34.2 Å². The Kier molecular flexibility index (Phi) is 3.94. The Morgan fingerprint density at radius 1 is 0.929 bits per heavy atom. The van der Waals surface area contributed by atoms with Gasteiger partial charge in [-0.25, -0.2) is 4.98 Å². The van der Waals surface area contributed by atoms with Gasteiger partial charge in [0.05, 0.1) is 11.3 Å². The molecule has 1 aliphatic heterocycles. The van der Waals surface area contributed by atoms with Crippen LogP contribution in [0.4, 0.5) is 5.69 Å². The Bertz CT molecular complexity index is 1130. The van der Waals surface area contributed by atoms with Crippen molar-refractivity contribution in [3.05, 3.63) is 72.8 Å². The molecule has 0 spiro atoms. The Morgan fingerprint density at radius 3 is 2.57 bits per heavy atom. The molecular weight excluding hydrogens is 356 g/mol. The number of anilines is 1. The molecule has 0 radical (unpaired) electrons. The summed E-state index contributed by atoms with van der Waals surface area (Å²) in [6.45, 7) is 0.147. The van der Waals surface area contributed by atoms with Crippen molar-refractivity contribution < 1.29 is 18.7 Å². The Hall–Kier alpha value is -3.80. The number of ether oxygens (including phenoxy) is 2. The highest BCUT2D eigenvalue weighted by Crippen LogP contribution is 2.33. The number of carbonyl (C=O) groups excluding carboxylic acids is 1. The second kappa shape index (κ2) is 6.74. The van der Waals surface area contributed by atoms with Crippen molar-refractivity contribution >= 4 is 22.7 Å². The number of nitrogens with one attached hydrogen (secondary N) is 1. The molecule has 0 saturated carbocycles. The summed E-state index contributed by atoms with van der Waals surface area (Å²) >= 11 is 0. The molecule has 6 nitrogen and oxygen atoms in total. The normalized spacial score (nSPS) is 15.4. The van der Waals surface area contributed by atoms with E-state index in [1.807, 2.05) is 60.7 Å². The number of rotatable bonds is 3. The first kappa shape index (κ1) is 16.4. The van der Waals surface area contributed by atoms with Gasteiger partial charge >= 0.3 is 0 Å². The minimum absolute atomic E-state index is 0.147. The lowest BCUT2D eigenvalue weighted by Gasteiger charge is -2.25. The maximum absolute atomic E-state index is 12.8. The topological polar surface area (TPSA) is 73.6 Å². The lowest BCUT2D eigenvalue weighted by atomic mass is 10.1. The predicted octanol–water partition coefficient (Wildman–Crippen LogP) is 4.27. The number of carbonyl (C=O) groups is 1. The van der Waals surface area contributed by atoms with Crippen LogP contribution in [0.25, 0.3) is 22.6 Å². The highest BCUT2D eigenvalue weighted by atomic mass is 16.6. The van der Waals surface area contributed by atoms with Crippen LogP contribution in [0, 0.1) is 0 Å². The van der Waals surface area contributed by atoms with Crippen molar-refractivity contribution in [2.75, 3.05) is 11.9 Å². The zero-order valence-corrected chi connectivity index (χ0v) is 14.8. The quantitative estimate of drug-likeness (QED) is 0.581. The summed E-state index contributed by atoms with van der Waals surface area (Å²) in [6.07, 6.45) is -0.744. The van der Waals surface area contributed by atoms with Crippen LogP contribution in [0.1, 0.15) is 0 Å². The fraction of sp³-hybridized carbons (Fsp3) is 0.0909. The maximum Gasteiger partial charge on any atom is 0.269 e. The number of nitrogens with zero attached hydrogens (tertiary/aromatic N) is 1. The van der Waals surface area contributed by atoms with Crippen LogP contribution in [0.2, 0.25) is 0 Å². The molecule has 6 heteroatoms. The molecule has 0 fully saturated rings. The molecule has 2 heterocycles. The number of aromatic nitrogens is 1. The standard InChI is InChI=1S/C22H16N2O4/c25-21(20-13-26-18-11-5-6-12-19(18)27-20)23-15-8-2-1-7-14(15)22-24-16-9-3-4-10-17(16)28-22/h1-12,20H,13H2,(H,23,25)/t20-/m1/s1. The molecule has 1 N–H and O–H groups in total. The van der Waals surface area contributed by atoms with E-state index in [-0.39, 0.29) is 12.5 Å². The second-order valence-corrected chi connectivity index (χ2v) is 6.39. The van der Waals surface area contributed by atoms with Crippen LogP contribution in [-0.4, -0.2) is 23.6 Å². The van der Waals surface area contributed by atoms with Gasteiger partial charge in [0.1, 0.15) is 12.1 Å². The summed E-state index contributed by atoms with van der Waals surface area (Å²) in [6, 6.07) is 22.2. The van der Waals surface area contributed by atoms with Crippen molar-refractivity contribution in [1.29, 1.82) is 0 Å². The third-order valence-electron chi connectivity index (χ3n) is 4.51. The molecule has 0 unspecified atom stereocenters. The average molecular weight is 372 g/mol. The summed E-state index contributed by atoms with van der Waals surface area (Å²) in [7, 11) is 0. The summed E-state index contributed by atoms with van der Waals surface area (Å²) in [5.74, 6) is 1.35. The van der Waals surface area contributed by atoms with E-state index in [1.165, 1.54) is 0 Å². The lowest BCUT2D eigenvalue weighted by Crippen LogP contribution is -2.40. The average Bonchev–Trinajstić information content (AvgIpc) is 3.18. The van der Waals surface area contributed by atoms with Crippen molar-refractivity contribution in [3.8, 4) is 23.0 Å². The van der Waals surface area contributed by atoms with Crippen molar-refractivity contribution in [2.45, 2.75) is 6.10 Å². The van der Waals surface area contributed by atoms with Crippen LogP contribution >= 0.6 is 0 Å². The number of benzene rings is 3. The molecule has 5 rings (SSSR count).